The number of hydrogen-bond acceptors (Lipinski definition) is 4. The monoisotopic (exact) mass is 308 g/mol. The molecule has 0 spiro atoms. The zero-order valence-corrected chi connectivity index (χ0v) is 13.2. The summed E-state index contributed by atoms with van der Waals surface area (Å²) in [6, 6.07) is 7.05. The molecule has 0 saturated carbocycles. The van der Waals surface area contributed by atoms with Crippen LogP contribution in [0.15, 0.2) is 41.6 Å². The molecular formula is C14H20N4O2S. The highest BCUT2D eigenvalue weighted by atomic mass is 32.2. The summed E-state index contributed by atoms with van der Waals surface area (Å²) in [5.41, 5.74) is 7.21. The highest BCUT2D eigenvalue weighted by molar-refractivity contribution is 7.89. The summed E-state index contributed by atoms with van der Waals surface area (Å²) in [7, 11) is -1.88. The fourth-order valence-corrected chi connectivity index (χ4v) is 3.63. The van der Waals surface area contributed by atoms with Crippen LogP contribution in [0.1, 0.15) is 19.4 Å². The molecule has 21 heavy (non-hydrogen) atoms. The highest BCUT2D eigenvalue weighted by Crippen LogP contribution is 2.20. The predicted molar refractivity (Wildman–Crippen MR) is 81.9 cm³/mol. The molecule has 0 fully saturated rings. The number of aryl methyl sites for hydroxylation is 1. The minimum absolute atomic E-state index is 0.159. The molecule has 0 atom stereocenters. The van der Waals surface area contributed by atoms with Crippen molar-refractivity contribution in [1.82, 2.24) is 14.1 Å². The van der Waals surface area contributed by atoms with E-state index >= 15 is 0 Å². The molecule has 0 aliphatic carbocycles. The van der Waals surface area contributed by atoms with E-state index in [1.165, 1.54) is 21.4 Å². The molecule has 0 amide bonds. The second-order valence-electron chi connectivity index (χ2n) is 5.24. The normalized spacial score (nSPS) is 12.2. The third-order valence-electron chi connectivity index (χ3n) is 3.18. The average molecular weight is 308 g/mol. The number of aromatic nitrogens is 2. The molecule has 0 radical (unpaired) electrons. The van der Waals surface area contributed by atoms with Crippen LogP contribution in [0.3, 0.4) is 0 Å². The van der Waals surface area contributed by atoms with Crippen molar-refractivity contribution in [2.45, 2.75) is 31.3 Å². The van der Waals surface area contributed by atoms with Crippen LogP contribution in [0.5, 0.6) is 0 Å². The summed E-state index contributed by atoms with van der Waals surface area (Å²) in [5, 5.41) is 3.94. The van der Waals surface area contributed by atoms with Gasteiger partial charge in [-0.15, -0.1) is 0 Å². The van der Waals surface area contributed by atoms with Gasteiger partial charge in [0.05, 0.1) is 6.20 Å². The summed E-state index contributed by atoms with van der Waals surface area (Å²) in [6.07, 6.45) is 2.88. The molecule has 0 bridgehead atoms. The van der Waals surface area contributed by atoms with E-state index in [1.54, 1.807) is 19.2 Å². The summed E-state index contributed by atoms with van der Waals surface area (Å²) in [5.74, 6) is 0. The smallest absolute Gasteiger partial charge is 0.246 e. The van der Waals surface area contributed by atoms with Crippen molar-refractivity contribution in [3.63, 3.8) is 0 Å². The van der Waals surface area contributed by atoms with Gasteiger partial charge in [-0.05, 0) is 31.5 Å². The van der Waals surface area contributed by atoms with E-state index in [-0.39, 0.29) is 10.9 Å². The molecule has 1 aromatic heterocycles. The van der Waals surface area contributed by atoms with Gasteiger partial charge in [0.25, 0.3) is 0 Å². The molecule has 2 N–H and O–H groups in total. The SMILES string of the molecule is CC(C)N(Cc1ccc(N)cc1)S(=O)(=O)c1cnn(C)c1. The molecule has 0 saturated heterocycles. The highest BCUT2D eigenvalue weighted by Gasteiger charge is 2.28. The third kappa shape index (κ3) is 3.43. The Bertz CT molecular complexity index is 705. The lowest BCUT2D eigenvalue weighted by Gasteiger charge is -2.25. The molecule has 2 aromatic rings. The fraction of sp³-hybridized carbons (Fsp3) is 0.357. The standard InChI is InChI=1S/C14H20N4O2S/c1-11(2)18(9-12-4-6-13(15)7-5-12)21(19,20)14-8-16-17(3)10-14/h4-8,10-11H,9,15H2,1-3H3. The number of nitrogen functional groups attached to an aromatic ring is 1. The van der Waals surface area contributed by atoms with Crippen LogP contribution < -0.4 is 5.73 Å². The predicted octanol–water partition coefficient (Wildman–Crippen LogP) is 1.60. The van der Waals surface area contributed by atoms with Crippen LogP contribution in [0.4, 0.5) is 5.69 Å². The lowest BCUT2D eigenvalue weighted by molar-refractivity contribution is 0.348. The fourth-order valence-electron chi connectivity index (χ4n) is 2.02. The lowest BCUT2D eigenvalue weighted by atomic mass is 10.2. The lowest BCUT2D eigenvalue weighted by Crippen LogP contribution is -2.36. The van der Waals surface area contributed by atoms with E-state index in [2.05, 4.69) is 5.10 Å². The molecule has 0 aliphatic heterocycles. The van der Waals surface area contributed by atoms with Crippen LogP contribution in [-0.4, -0.2) is 28.5 Å². The van der Waals surface area contributed by atoms with E-state index in [0.29, 0.717) is 12.2 Å². The Kier molecular flexibility index (Phi) is 4.34. The van der Waals surface area contributed by atoms with Gasteiger partial charge in [0, 0.05) is 31.5 Å². The topological polar surface area (TPSA) is 81.2 Å². The second kappa shape index (κ2) is 5.87. The number of hydrogen-bond donors (Lipinski definition) is 1. The van der Waals surface area contributed by atoms with Crippen molar-refractivity contribution in [2.75, 3.05) is 5.73 Å². The number of sulfonamides is 1. The molecular weight excluding hydrogens is 288 g/mol. The van der Waals surface area contributed by atoms with Crippen molar-refractivity contribution < 1.29 is 8.42 Å². The summed E-state index contributed by atoms with van der Waals surface area (Å²) in [4.78, 5) is 0.203. The van der Waals surface area contributed by atoms with E-state index in [0.717, 1.165) is 5.56 Å². The van der Waals surface area contributed by atoms with E-state index < -0.39 is 10.0 Å². The van der Waals surface area contributed by atoms with Crippen LogP contribution in [0, 0.1) is 0 Å². The van der Waals surface area contributed by atoms with Gasteiger partial charge in [0.1, 0.15) is 4.90 Å². The van der Waals surface area contributed by atoms with Crippen molar-refractivity contribution in [1.29, 1.82) is 0 Å². The third-order valence-corrected chi connectivity index (χ3v) is 5.16. The Morgan fingerprint density at radius 3 is 2.38 bits per heavy atom. The van der Waals surface area contributed by atoms with Gasteiger partial charge in [-0.1, -0.05) is 12.1 Å². The van der Waals surface area contributed by atoms with Crippen LogP contribution in [0.25, 0.3) is 0 Å². The Morgan fingerprint density at radius 1 is 1.29 bits per heavy atom. The van der Waals surface area contributed by atoms with Gasteiger partial charge in [-0.3, -0.25) is 4.68 Å². The maximum Gasteiger partial charge on any atom is 0.246 e. The zero-order valence-electron chi connectivity index (χ0n) is 12.4. The van der Waals surface area contributed by atoms with Crippen molar-refractivity contribution in [3.8, 4) is 0 Å². The van der Waals surface area contributed by atoms with E-state index in [9.17, 15) is 8.42 Å². The van der Waals surface area contributed by atoms with Crippen molar-refractivity contribution in [2.24, 2.45) is 7.05 Å². The minimum atomic E-state index is -3.57. The van der Waals surface area contributed by atoms with Gasteiger partial charge in [0.15, 0.2) is 0 Å². The Morgan fingerprint density at radius 2 is 1.90 bits per heavy atom. The number of rotatable bonds is 5. The molecule has 7 heteroatoms. The Balaban J connectivity index is 2.32. The van der Waals surface area contributed by atoms with Crippen LogP contribution in [0.2, 0.25) is 0 Å². The molecule has 2 rings (SSSR count). The van der Waals surface area contributed by atoms with Crippen molar-refractivity contribution >= 4 is 15.7 Å². The Labute approximate surface area is 125 Å². The van der Waals surface area contributed by atoms with Gasteiger partial charge in [-0.25, -0.2) is 8.42 Å². The first-order chi connectivity index (χ1) is 9.80. The summed E-state index contributed by atoms with van der Waals surface area (Å²) >= 11 is 0. The van der Waals surface area contributed by atoms with Gasteiger partial charge < -0.3 is 5.73 Å². The first kappa shape index (κ1) is 15.5. The molecule has 0 aliphatic rings. The van der Waals surface area contributed by atoms with Crippen LogP contribution in [-0.2, 0) is 23.6 Å². The minimum Gasteiger partial charge on any atom is -0.399 e. The number of nitrogens with zero attached hydrogens (tertiary/aromatic N) is 3. The Hall–Kier alpha value is -1.86. The van der Waals surface area contributed by atoms with Gasteiger partial charge in [0.2, 0.25) is 10.0 Å². The molecule has 6 nitrogen and oxygen atoms in total. The molecule has 1 aromatic carbocycles. The summed E-state index contributed by atoms with van der Waals surface area (Å²) < 4.78 is 28.3. The molecule has 1 heterocycles. The number of nitrogens with two attached hydrogens (primary N) is 1. The maximum absolute atomic E-state index is 12.7. The number of benzene rings is 1. The van der Waals surface area contributed by atoms with Crippen LogP contribution >= 0.6 is 0 Å². The van der Waals surface area contributed by atoms with E-state index in [4.69, 9.17) is 5.73 Å². The quantitative estimate of drug-likeness (QED) is 0.851. The zero-order chi connectivity index (χ0) is 15.6. The second-order valence-corrected chi connectivity index (χ2v) is 7.13. The summed E-state index contributed by atoms with van der Waals surface area (Å²) in [6.45, 7) is 4.01. The average Bonchev–Trinajstić information content (AvgIpc) is 2.85. The van der Waals surface area contributed by atoms with Gasteiger partial charge >= 0.3 is 0 Å². The first-order valence-corrected chi connectivity index (χ1v) is 8.09. The van der Waals surface area contributed by atoms with Crippen molar-refractivity contribution in [3.05, 3.63) is 42.2 Å². The molecule has 114 valence electrons. The number of anilines is 1. The maximum atomic E-state index is 12.7. The van der Waals surface area contributed by atoms with Gasteiger partial charge in [-0.2, -0.15) is 9.40 Å². The molecule has 0 unspecified atom stereocenters. The van der Waals surface area contributed by atoms with E-state index in [1.807, 2.05) is 26.0 Å². The first-order valence-electron chi connectivity index (χ1n) is 6.65. The largest absolute Gasteiger partial charge is 0.399 e.